The Kier molecular flexibility index (Phi) is 6.13. The Labute approximate surface area is 172 Å². The molecule has 0 bridgehead atoms. The van der Waals surface area contributed by atoms with E-state index in [4.69, 9.17) is 11.6 Å². The highest BCUT2D eigenvalue weighted by Crippen LogP contribution is 2.26. The van der Waals surface area contributed by atoms with Gasteiger partial charge in [-0.3, -0.25) is 9.59 Å². The van der Waals surface area contributed by atoms with E-state index < -0.39 is 0 Å². The van der Waals surface area contributed by atoms with Gasteiger partial charge in [-0.2, -0.15) is 0 Å². The van der Waals surface area contributed by atoms with Gasteiger partial charge in [0.15, 0.2) is 0 Å². The molecule has 3 aromatic rings. The molecule has 0 unspecified atom stereocenters. The van der Waals surface area contributed by atoms with Gasteiger partial charge in [0, 0.05) is 27.3 Å². The van der Waals surface area contributed by atoms with Crippen LogP contribution in [0.15, 0.2) is 51.6 Å². The Bertz CT molecular complexity index is 941. The lowest BCUT2D eigenvalue weighted by molar-refractivity contribution is 0.0786. The SMILES string of the molecule is CN(Cc1cc(Br)cs1)C(=O)c1ccc(Cl)c(NC(=O)c2cccs2)c1. The van der Waals surface area contributed by atoms with Crippen molar-refractivity contribution in [2.75, 3.05) is 12.4 Å². The zero-order valence-corrected chi connectivity index (χ0v) is 17.6. The fraction of sp³-hybridized carbons (Fsp3) is 0.111. The van der Waals surface area contributed by atoms with E-state index in [0.717, 1.165) is 9.35 Å². The average molecular weight is 470 g/mol. The molecule has 0 atom stereocenters. The molecule has 1 N–H and O–H groups in total. The van der Waals surface area contributed by atoms with Gasteiger partial charge in [-0.1, -0.05) is 17.7 Å². The maximum atomic E-state index is 12.7. The molecule has 26 heavy (non-hydrogen) atoms. The first-order valence-corrected chi connectivity index (χ1v) is 10.5. The third-order valence-corrected chi connectivity index (χ3v) is 6.45. The molecule has 3 rings (SSSR count). The summed E-state index contributed by atoms with van der Waals surface area (Å²) < 4.78 is 1.00. The van der Waals surface area contributed by atoms with Crippen LogP contribution in [0.3, 0.4) is 0 Å². The zero-order chi connectivity index (χ0) is 18.7. The van der Waals surface area contributed by atoms with Crippen LogP contribution in [-0.4, -0.2) is 23.8 Å². The number of carbonyl (C=O) groups is 2. The number of carbonyl (C=O) groups excluding carboxylic acids is 2. The Morgan fingerprint density at radius 2 is 2.04 bits per heavy atom. The van der Waals surface area contributed by atoms with E-state index in [0.29, 0.717) is 27.7 Å². The highest BCUT2D eigenvalue weighted by Gasteiger charge is 2.16. The van der Waals surface area contributed by atoms with E-state index in [2.05, 4.69) is 21.2 Å². The van der Waals surface area contributed by atoms with Gasteiger partial charge in [-0.05, 0) is 51.6 Å². The molecular formula is C18H14BrClN2O2S2. The number of nitrogens with zero attached hydrogens (tertiary/aromatic N) is 1. The number of hydrogen-bond donors (Lipinski definition) is 1. The molecule has 0 aliphatic heterocycles. The maximum Gasteiger partial charge on any atom is 0.265 e. The molecule has 0 aliphatic rings. The van der Waals surface area contributed by atoms with Gasteiger partial charge < -0.3 is 10.2 Å². The second kappa shape index (κ2) is 8.35. The van der Waals surface area contributed by atoms with Crippen molar-refractivity contribution in [3.05, 3.63) is 72.0 Å². The molecule has 8 heteroatoms. The second-order valence-corrected chi connectivity index (χ2v) is 8.78. The van der Waals surface area contributed by atoms with Gasteiger partial charge in [0.05, 0.1) is 22.1 Å². The molecule has 134 valence electrons. The van der Waals surface area contributed by atoms with Crippen LogP contribution < -0.4 is 5.32 Å². The summed E-state index contributed by atoms with van der Waals surface area (Å²) in [5.41, 5.74) is 0.886. The fourth-order valence-electron chi connectivity index (χ4n) is 2.31. The summed E-state index contributed by atoms with van der Waals surface area (Å²) in [7, 11) is 1.74. The monoisotopic (exact) mass is 468 g/mol. The first-order chi connectivity index (χ1) is 12.4. The number of benzene rings is 1. The van der Waals surface area contributed by atoms with Gasteiger partial charge in [0.25, 0.3) is 11.8 Å². The molecule has 2 heterocycles. The molecule has 0 radical (unpaired) electrons. The molecule has 0 saturated carbocycles. The molecule has 0 saturated heterocycles. The van der Waals surface area contributed by atoms with Gasteiger partial charge in [0.2, 0.25) is 0 Å². The molecule has 4 nitrogen and oxygen atoms in total. The standard InChI is InChI=1S/C18H14BrClN2O2S2/c1-22(9-13-8-12(19)10-26-13)18(24)11-4-5-14(20)15(7-11)21-17(23)16-3-2-6-25-16/h2-8,10H,9H2,1H3,(H,21,23). The Morgan fingerprint density at radius 3 is 2.69 bits per heavy atom. The number of nitrogens with one attached hydrogen (secondary N) is 1. The maximum absolute atomic E-state index is 12.7. The molecule has 0 fully saturated rings. The van der Waals surface area contributed by atoms with Crippen LogP contribution >= 0.6 is 50.2 Å². The molecular weight excluding hydrogens is 456 g/mol. The highest BCUT2D eigenvalue weighted by molar-refractivity contribution is 9.10. The fourth-order valence-corrected chi connectivity index (χ4v) is 4.60. The topological polar surface area (TPSA) is 49.4 Å². The smallest absolute Gasteiger partial charge is 0.265 e. The minimum absolute atomic E-state index is 0.141. The first kappa shape index (κ1) is 19.1. The normalized spacial score (nSPS) is 10.6. The number of amides is 2. The molecule has 0 spiro atoms. The first-order valence-electron chi connectivity index (χ1n) is 7.57. The summed E-state index contributed by atoms with van der Waals surface area (Å²) in [6.45, 7) is 0.509. The van der Waals surface area contributed by atoms with Gasteiger partial charge in [0.1, 0.15) is 0 Å². The second-order valence-electron chi connectivity index (χ2n) is 5.52. The van der Waals surface area contributed by atoms with Gasteiger partial charge in [-0.25, -0.2) is 0 Å². The van der Waals surface area contributed by atoms with Crippen molar-refractivity contribution in [2.45, 2.75) is 6.54 Å². The summed E-state index contributed by atoms with van der Waals surface area (Å²) in [6, 6.07) is 10.4. The van der Waals surface area contributed by atoms with Crippen LogP contribution in [0.2, 0.25) is 5.02 Å². The van der Waals surface area contributed by atoms with Crippen LogP contribution in [0.5, 0.6) is 0 Å². The van der Waals surface area contributed by atoms with Crippen LogP contribution in [0.4, 0.5) is 5.69 Å². The lowest BCUT2D eigenvalue weighted by Gasteiger charge is -2.17. The van der Waals surface area contributed by atoms with Crippen molar-refractivity contribution in [2.24, 2.45) is 0 Å². The van der Waals surface area contributed by atoms with Crippen LogP contribution in [0, 0.1) is 0 Å². The highest BCUT2D eigenvalue weighted by atomic mass is 79.9. The number of hydrogen-bond acceptors (Lipinski definition) is 4. The van der Waals surface area contributed by atoms with E-state index in [1.165, 1.54) is 11.3 Å². The van der Waals surface area contributed by atoms with Crippen molar-refractivity contribution in [3.8, 4) is 0 Å². The summed E-state index contributed by atoms with van der Waals surface area (Å²) in [4.78, 5) is 28.2. The van der Waals surface area contributed by atoms with Crippen molar-refractivity contribution < 1.29 is 9.59 Å². The van der Waals surface area contributed by atoms with Gasteiger partial charge >= 0.3 is 0 Å². The minimum Gasteiger partial charge on any atom is -0.337 e. The Morgan fingerprint density at radius 1 is 1.23 bits per heavy atom. The van der Waals surface area contributed by atoms with Crippen molar-refractivity contribution >= 4 is 67.7 Å². The summed E-state index contributed by atoms with van der Waals surface area (Å²) in [5, 5.41) is 6.96. The van der Waals surface area contributed by atoms with Crippen molar-refractivity contribution in [3.63, 3.8) is 0 Å². The zero-order valence-electron chi connectivity index (χ0n) is 13.7. The number of rotatable bonds is 5. The lowest BCUT2D eigenvalue weighted by Crippen LogP contribution is -2.26. The third-order valence-electron chi connectivity index (χ3n) is 3.57. The molecule has 1 aromatic carbocycles. The van der Waals surface area contributed by atoms with E-state index >= 15 is 0 Å². The lowest BCUT2D eigenvalue weighted by atomic mass is 10.1. The van der Waals surface area contributed by atoms with E-state index in [9.17, 15) is 9.59 Å². The van der Waals surface area contributed by atoms with Crippen molar-refractivity contribution in [1.29, 1.82) is 0 Å². The quantitative estimate of drug-likeness (QED) is 0.517. The minimum atomic E-state index is -0.247. The predicted molar refractivity (Wildman–Crippen MR) is 112 cm³/mol. The van der Waals surface area contributed by atoms with Crippen LogP contribution in [0.1, 0.15) is 24.9 Å². The van der Waals surface area contributed by atoms with Crippen LogP contribution in [-0.2, 0) is 6.54 Å². The van der Waals surface area contributed by atoms with E-state index in [1.807, 2.05) is 16.8 Å². The summed E-state index contributed by atoms with van der Waals surface area (Å²) >= 11 is 12.5. The molecule has 2 aromatic heterocycles. The van der Waals surface area contributed by atoms with Crippen molar-refractivity contribution in [1.82, 2.24) is 4.90 Å². The molecule has 0 aliphatic carbocycles. The summed E-state index contributed by atoms with van der Waals surface area (Å²) in [5.74, 6) is -0.388. The number of halogens is 2. The summed E-state index contributed by atoms with van der Waals surface area (Å²) in [6.07, 6.45) is 0. The van der Waals surface area contributed by atoms with E-state index in [-0.39, 0.29) is 11.8 Å². The number of thiophene rings is 2. The third kappa shape index (κ3) is 4.54. The van der Waals surface area contributed by atoms with E-state index in [1.54, 1.807) is 53.6 Å². The molecule has 2 amide bonds. The van der Waals surface area contributed by atoms with Crippen LogP contribution in [0.25, 0.3) is 0 Å². The van der Waals surface area contributed by atoms with Gasteiger partial charge in [-0.15, -0.1) is 22.7 Å². The number of anilines is 1. The largest absolute Gasteiger partial charge is 0.337 e. The Hall–Kier alpha value is -1.67. The predicted octanol–water partition coefficient (Wildman–Crippen LogP) is 5.75. The Balaban J connectivity index is 1.75. The average Bonchev–Trinajstić information content (AvgIpc) is 3.28.